The molecule has 7 heteroatoms. The van der Waals surface area contributed by atoms with Crippen molar-refractivity contribution in [3.63, 3.8) is 0 Å². The summed E-state index contributed by atoms with van der Waals surface area (Å²) < 4.78 is 11.2. The topological polar surface area (TPSA) is 57.4 Å². The SMILES string of the molecule is CCCn1c(-c2ccco2)csc1=Nc1c(C)n(C)n(-c2ccccc2)c1=O. The number of benzene rings is 1. The van der Waals surface area contributed by atoms with Crippen LogP contribution in [-0.4, -0.2) is 13.9 Å². The van der Waals surface area contributed by atoms with Crippen LogP contribution in [0.4, 0.5) is 5.69 Å². The van der Waals surface area contributed by atoms with E-state index in [4.69, 9.17) is 9.41 Å². The summed E-state index contributed by atoms with van der Waals surface area (Å²) in [7, 11) is 1.88. The summed E-state index contributed by atoms with van der Waals surface area (Å²) >= 11 is 1.52. The molecule has 0 saturated heterocycles. The van der Waals surface area contributed by atoms with Crippen LogP contribution in [0.2, 0.25) is 0 Å². The Balaban J connectivity index is 1.90. The Morgan fingerprint density at radius 2 is 1.93 bits per heavy atom. The summed E-state index contributed by atoms with van der Waals surface area (Å²) in [6, 6.07) is 13.4. The van der Waals surface area contributed by atoms with E-state index in [1.54, 1.807) is 10.9 Å². The number of rotatable bonds is 5. The highest BCUT2D eigenvalue weighted by Crippen LogP contribution is 2.22. The lowest BCUT2D eigenvalue weighted by molar-refractivity contribution is 0.567. The first-order valence-corrected chi connectivity index (χ1v) is 10.1. The molecule has 3 aromatic heterocycles. The molecule has 0 unspecified atom stereocenters. The fourth-order valence-corrected chi connectivity index (χ4v) is 4.18. The molecule has 1 aromatic carbocycles. The molecule has 6 nitrogen and oxygen atoms in total. The Kier molecular flexibility index (Phi) is 4.92. The van der Waals surface area contributed by atoms with Crippen molar-refractivity contribution in [1.29, 1.82) is 0 Å². The normalized spacial score (nSPS) is 12.0. The highest BCUT2D eigenvalue weighted by atomic mass is 32.1. The summed E-state index contributed by atoms with van der Waals surface area (Å²) in [5, 5.41) is 2.03. The molecule has 0 bridgehead atoms. The fraction of sp³-hybridized carbons (Fsp3) is 0.238. The van der Waals surface area contributed by atoms with Gasteiger partial charge in [0.25, 0.3) is 5.56 Å². The first-order valence-electron chi connectivity index (χ1n) is 9.22. The van der Waals surface area contributed by atoms with Gasteiger partial charge in [0.2, 0.25) is 0 Å². The second-order valence-electron chi connectivity index (χ2n) is 6.55. The van der Waals surface area contributed by atoms with Gasteiger partial charge in [-0.1, -0.05) is 25.1 Å². The quantitative estimate of drug-likeness (QED) is 0.508. The molecule has 4 aromatic rings. The Morgan fingerprint density at radius 3 is 2.61 bits per heavy atom. The summed E-state index contributed by atoms with van der Waals surface area (Å²) in [6.45, 7) is 4.85. The van der Waals surface area contributed by atoms with Crippen molar-refractivity contribution in [3.8, 4) is 17.1 Å². The van der Waals surface area contributed by atoms with Crippen molar-refractivity contribution in [1.82, 2.24) is 13.9 Å². The van der Waals surface area contributed by atoms with Crippen molar-refractivity contribution in [2.24, 2.45) is 12.0 Å². The highest BCUT2D eigenvalue weighted by molar-refractivity contribution is 7.07. The molecule has 0 atom stereocenters. The van der Waals surface area contributed by atoms with Crippen molar-refractivity contribution >= 4 is 17.0 Å². The van der Waals surface area contributed by atoms with Gasteiger partial charge in [0, 0.05) is 19.0 Å². The van der Waals surface area contributed by atoms with Gasteiger partial charge in [-0.3, -0.25) is 9.48 Å². The van der Waals surface area contributed by atoms with E-state index in [0.717, 1.165) is 40.6 Å². The van der Waals surface area contributed by atoms with Gasteiger partial charge < -0.3 is 8.98 Å². The zero-order valence-electron chi connectivity index (χ0n) is 16.1. The van der Waals surface area contributed by atoms with Gasteiger partial charge in [0.1, 0.15) is 0 Å². The molecule has 28 heavy (non-hydrogen) atoms. The maximum atomic E-state index is 13.1. The van der Waals surface area contributed by atoms with Crippen LogP contribution in [0.5, 0.6) is 0 Å². The Labute approximate surface area is 166 Å². The largest absolute Gasteiger partial charge is 0.463 e. The number of furan rings is 1. The first-order chi connectivity index (χ1) is 13.6. The second kappa shape index (κ2) is 7.52. The van der Waals surface area contributed by atoms with Crippen LogP contribution in [0.1, 0.15) is 19.0 Å². The average molecular weight is 395 g/mol. The Morgan fingerprint density at radius 1 is 1.14 bits per heavy atom. The lowest BCUT2D eigenvalue weighted by Crippen LogP contribution is -2.20. The maximum absolute atomic E-state index is 13.1. The van der Waals surface area contributed by atoms with E-state index >= 15 is 0 Å². The van der Waals surface area contributed by atoms with Crippen LogP contribution >= 0.6 is 11.3 Å². The van der Waals surface area contributed by atoms with E-state index in [0.29, 0.717) is 5.69 Å². The molecule has 0 saturated carbocycles. The standard InChI is InChI=1S/C21H22N4O2S/c1-4-12-24-17(18-11-8-13-27-18)14-28-21(24)22-19-15(2)23(3)25(20(19)26)16-9-6-5-7-10-16/h5-11,13-14H,4,12H2,1-3H3. The summed E-state index contributed by atoms with van der Waals surface area (Å²) in [4.78, 5) is 18.7. The molecule has 0 spiro atoms. The van der Waals surface area contributed by atoms with Crippen molar-refractivity contribution in [2.75, 3.05) is 0 Å². The minimum atomic E-state index is -0.123. The van der Waals surface area contributed by atoms with E-state index in [-0.39, 0.29) is 5.56 Å². The van der Waals surface area contributed by atoms with Gasteiger partial charge in [0.15, 0.2) is 16.2 Å². The summed E-state index contributed by atoms with van der Waals surface area (Å²) in [5.41, 5.74) is 2.96. The van der Waals surface area contributed by atoms with E-state index in [9.17, 15) is 4.79 Å². The molecule has 4 rings (SSSR count). The molecule has 144 valence electrons. The molecular formula is C21H22N4O2S. The van der Waals surface area contributed by atoms with Crippen LogP contribution < -0.4 is 10.4 Å². The van der Waals surface area contributed by atoms with Gasteiger partial charge in [-0.2, -0.15) is 0 Å². The second-order valence-corrected chi connectivity index (χ2v) is 7.39. The number of hydrogen-bond acceptors (Lipinski definition) is 4. The minimum absolute atomic E-state index is 0.123. The van der Waals surface area contributed by atoms with E-state index in [1.807, 2.05) is 66.5 Å². The van der Waals surface area contributed by atoms with Gasteiger partial charge in [-0.05, 0) is 37.6 Å². The maximum Gasteiger partial charge on any atom is 0.297 e. The number of thiazole rings is 1. The van der Waals surface area contributed by atoms with Gasteiger partial charge >= 0.3 is 0 Å². The summed E-state index contributed by atoms with van der Waals surface area (Å²) in [6.07, 6.45) is 2.62. The molecule has 0 N–H and O–H groups in total. The molecule has 0 aliphatic heterocycles. The third kappa shape index (κ3) is 3.07. The first kappa shape index (κ1) is 18.3. The predicted octanol–water partition coefficient (Wildman–Crippen LogP) is 4.25. The third-order valence-corrected chi connectivity index (χ3v) is 5.61. The van der Waals surface area contributed by atoms with Crippen LogP contribution in [0.25, 0.3) is 17.1 Å². The van der Waals surface area contributed by atoms with Crippen LogP contribution in [0.15, 0.2) is 68.3 Å². The third-order valence-electron chi connectivity index (χ3n) is 4.75. The zero-order valence-corrected chi connectivity index (χ0v) is 16.9. The lowest BCUT2D eigenvalue weighted by atomic mass is 10.3. The van der Waals surface area contributed by atoms with Crippen LogP contribution in [0, 0.1) is 6.92 Å². The average Bonchev–Trinajstić information content (AvgIpc) is 3.40. The van der Waals surface area contributed by atoms with Crippen LogP contribution in [-0.2, 0) is 13.6 Å². The van der Waals surface area contributed by atoms with Gasteiger partial charge in [-0.15, -0.1) is 11.3 Å². The van der Waals surface area contributed by atoms with Crippen molar-refractivity contribution in [2.45, 2.75) is 26.8 Å². The smallest absolute Gasteiger partial charge is 0.297 e. The van der Waals surface area contributed by atoms with E-state index < -0.39 is 0 Å². The van der Waals surface area contributed by atoms with E-state index in [1.165, 1.54) is 11.3 Å². The molecule has 0 radical (unpaired) electrons. The van der Waals surface area contributed by atoms with Crippen LogP contribution in [0.3, 0.4) is 0 Å². The monoisotopic (exact) mass is 394 g/mol. The minimum Gasteiger partial charge on any atom is -0.463 e. The Hall–Kier alpha value is -3.06. The molecule has 0 aliphatic carbocycles. The fourth-order valence-electron chi connectivity index (χ4n) is 3.26. The Bertz CT molecular complexity index is 1210. The van der Waals surface area contributed by atoms with Crippen molar-refractivity contribution in [3.05, 3.63) is 75.0 Å². The summed E-state index contributed by atoms with van der Waals surface area (Å²) in [5.74, 6) is 0.803. The molecule has 0 amide bonds. The highest BCUT2D eigenvalue weighted by Gasteiger charge is 2.17. The molecule has 0 fully saturated rings. The van der Waals surface area contributed by atoms with E-state index in [2.05, 4.69) is 11.5 Å². The molecule has 0 aliphatic rings. The van der Waals surface area contributed by atoms with Gasteiger partial charge in [0.05, 0.1) is 23.3 Å². The predicted molar refractivity (Wildman–Crippen MR) is 111 cm³/mol. The van der Waals surface area contributed by atoms with Gasteiger partial charge in [-0.25, -0.2) is 9.67 Å². The molecule has 3 heterocycles. The van der Waals surface area contributed by atoms with Crippen molar-refractivity contribution < 1.29 is 4.42 Å². The number of nitrogens with zero attached hydrogens (tertiary/aromatic N) is 4. The number of aromatic nitrogens is 3. The molecular weight excluding hydrogens is 372 g/mol. The number of hydrogen-bond donors (Lipinski definition) is 0. The number of para-hydroxylation sites is 1. The lowest BCUT2D eigenvalue weighted by Gasteiger charge is -2.07. The zero-order chi connectivity index (χ0) is 19.7.